The second-order valence-corrected chi connectivity index (χ2v) is 5.93. The molecule has 0 aliphatic carbocycles. The topological polar surface area (TPSA) is 74.6 Å². The van der Waals surface area contributed by atoms with Gasteiger partial charge in [0.2, 0.25) is 11.8 Å². The summed E-state index contributed by atoms with van der Waals surface area (Å²) in [6.45, 7) is 0.227. The van der Waals surface area contributed by atoms with E-state index in [2.05, 4.69) is 10.7 Å². The molecule has 1 aromatic heterocycles. The number of furan rings is 1. The predicted molar refractivity (Wildman–Crippen MR) is 109 cm³/mol. The highest BCUT2D eigenvalue weighted by molar-refractivity contribution is 5.91. The van der Waals surface area contributed by atoms with Crippen LogP contribution < -0.4 is 15.8 Å². The summed E-state index contributed by atoms with van der Waals surface area (Å²) in [5, 5.41) is 4.41. The molecule has 0 aliphatic heterocycles. The minimum Gasteiger partial charge on any atom is -0.465 e. The van der Waals surface area contributed by atoms with Crippen molar-refractivity contribution in [3.8, 4) is 0 Å². The van der Waals surface area contributed by atoms with Gasteiger partial charge in [-0.2, -0.15) is 0 Å². The number of amides is 2. The van der Waals surface area contributed by atoms with Gasteiger partial charge in [0.05, 0.1) is 17.6 Å². The zero-order valence-electron chi connectivity index (χ0n) is 15.2. The lowest BCUT2D eigenvalue weighted by Gasteiger charge is -2.25. The van der Waals surface area contributed by atoms with Crippen molar-refractivity contribution < 1.29 is 14.0 Å². The average molecular weight is 375 g/mol. The van der Waals surface area contributed by atoms with Crippen molar-refractivity contribution in [3.63, 3.8) is 0 Å². The highest BCUT2D eigenvalue weighted by Gasteiger charge is 2.12. The van der Waals surface area contributed by atoms with Gasteiger partial charge in [-0.3, -0.25) is 20.0 Å². The van der Waals surface area contributed by atoms with E-state index in [9.17, 15) is 9.59 Å². The van der Waals surface area contributed by atoms with Gasteiger partial charge in [0, 0.05) is 19.0 Å². The third kappa shape index (κ3) is 5.60. The van der Waals surface area contributed by atoms with Crippen LogP contribution in [0.1, 0.15) is 12.2 Å². The molecule has 0 saturated heterocycles. The number of benzene rings is 2. The van der Waals surface area contributed by atoms with E-state index in [0.717, 1.165) is 11.4 Å². The maximum absolute atomic E-state index is 12.4. The molecule has 0 unspecified atom stereocenters. The van der Waals surface area contributed by atoms with E-state index in [1.807, 2.05) is 60.7 Å². The summed E-state index contributed by atoms with van der Waals surface area (Å²) < 4.78 is 5.12. The molecule has 3 rings (SSSR count). The van der Waals surface area contributed by atoms with Crippen molar-refractivity contribution in [3.05, 3.63) is 90.9 Å². The predicted octanol–water partition coefficient (Wildman–Crippen LogP) is 3.67. The Morgan fingerprint density at radius 3 is 2.11 bits per heavy atom. The van der Waals surface area contributed by atoms with Crippen molar-refractivity contribution in [1.29, 1.82) is 0 Å². The van der Waals surface area contributed by atoms with Gasteiger partial charge in [-0.25, -0.2) is 0 Å². The monoisotopic (exact) mass is 375 g/mol. The fraction of sp³-hybridized carbons (Fsp3) is 0.0909. The van der Waals surface area contributed by atoms with E-state index in [1.54, 1.807) is 23.2 Å². The van der Waals surface area contributed by atoms with Gasteiger partial charge in [0.1, 0.15) is 5.76 Å². The molecule has 6 heteroatoms. The van der Waals surface area contributed by atoms with Gasteiger partial charge in [0.15, 0.2) is 0 Å². The molecule has 6 nitrogen and oxygen atoms in total. The molecule has 2 amide bonds. The Kier molecular flexibility index (Phi) is 6.62. The Hall–Kier alpha value is -3.80. The third-order valence-corrected chi connectivity index (χ3v) is 3.86. The number of nitrogens with zero attached hydrogens (tertiary/aromatic N) is 1. The third-order valence-electron chi connectivity index (χ3n) is 3.86. The maximum atomic E-state index is 12.4. The summed E-state index contributed by atoms with van der Waals surface area (Å²) >= 11 is 0. The van der Waals surface area contributed by atoms with Gasteiger partial charge in [-0.05, 0) is 42.5 Å². The van der Waals surface area contributed by atoms with Crippen LogP contribution in [0.25, 0.3) is 6.08 Å². The van der Waals surface area contributed by atoms with Crippen molar-refractivity contribution in [2.45, 2.75) is 6.42 Å². The van der Waals surface area contributed by atoms with Crippen LogP contribution in [0.4, 0.5) is 11.4 Å². The zero-order valence-corrected chi connectivity index (χ0v) is 15.2. The number of anilines is 2. The lowest BCUT2D eigenvalue weighted by molar-refractivity contribution is -0.121. The van der Waals surface area contributed by atoms with Crippen LogP contribution in [0.2, 0.25) is 0 Å². The second-order valence-electron chi connectivity index (χ2n) is 5.93. The first kappa shape index (κ1) is 19.0. The zero-order chi connectivity index (χ0) is 19.6. The molecular formula is C22H21N3O3. The van der Waals surface area contributed by atoms with Crippen LogP contribution in [-0.2, 0) is 9.59 Å². The Bertz CT molecular complexity index is 867. The van der Waals surface area contributed by atoms with Gasteiger partial charge in [0.25, 0.3) is 0 Å². The summed E-state index contributed by atoms with van der Waals surface area (Å²) in [7, 11) is 0. The summed E-state index contributed by atoms with van der Waals surface area (Å²) in [5.41, 5.74) is 4.57. The number of hydrazine groups is 1. The van der Waals surface area contributed by atoms with Gasteiger partial charge in [-0.15, -0.1) is 0 Å². The molecule has 142 valence electrons. The van der Waals surface area contributed by atoms with Crippen molar-refractivity contribution in [1.82, 2.24) is 10.7 Å². The van der Waals surface area contributed by atoms with Gasteiger partial charge >= 0.3 is 0 Å². The lowest BCUT2D eigenvalue weighted by atomic mass is 10.2. The number of nitrogens with one attached hydrogen (secondary N) is 2. The van der Waals surface area contributed by atoms with Crippen LogP contribution in [0.5, 0.6) is 0 Å². The molecule has 0 saturated carbocycles. The molecule has 1 heterocycles. The number of rotatable bonds is 8. The molecule has 3 aromatic rings. The van der Waals surface area contributed by atoms with E-state index < -0.39 is 0 Å². The van der Waals surface area contributed by atoms with Gasteiger partial charge < -0.3 is 9.73 Å². The molecule has 0 fully saturated rings. The van der Waals surface area contributed by atoms with Crippen LogP contribution in [0.3, 0.4) is 0 Å². The largest absolute Gasteiger partial charge is 0.465 e. The lowest BCUT2D eigenvalue weighted by Crippen LogP contribution is -2.40. The molecule has 2 N–H and O–H groups in total. The Balaban J connectivity index is 1.53. The van der Waals surface area contributed by atoms with Crippen molar-refractivity contribution in [2.75, 3.05) is 11.6 Å². The molecule has 0 atom stereocenters. The van der Waals surface area contributed by atoms with Crippen LogP contribution >= 0.6 is 0 Å². The van der Waals surface area contributed by atoms with E-state index in [1.165, 1.54) is 12.3 Å². The SMILES string of the molecule is O=C(/C=C/c1ccco1)NCCC(=O)NN(c1ccccc1)c1ccccc1. The molecular weight excluding hydrogens is 354 g/mol. The Labute approximate surface area is 163 Å². The van der Waals surface area contributed by atoms with E-state index in [4.69, 9.17) is 4.42 Å². The first-order valence-electron chi connectivity index (χ1n) is 8.91. The summed E-state index contributed by atoms with van der Waals surface area (Å²) in [5.74, 6) is 0.101. The molecule has 0 radical (unpaired) electrons. The normalized spacial score (nSPS) is 10.6. The van der Waals surface area contributed by atoms with Crippen molar-refractivity contribution >= 4 is 29.3 Å². The Morgan fingerprint density at radius 2 is 1.54 bits per heavy atom. The first-order valence-corrected chi connectivity index (χ1v) is 8.91. The fourth-order valence-corrected chi connectivity index (χ4v) is 2.51. The quantitative estimate of drug-likeness (QED) is 0.465. The summed E-state index contributed by atoms with van der Waals surface area (Å²) in [6, 6.07) is 22.6. The number of carbonyl (C=O) groups excluding carboxylic acids is 2. The highest BCUT2D eigenvalue weighted by atomic mass is 16.3. The molecule has 0 aliphatic rings. The summed E-state index contributed by atoms with van der Waals surface area (Å²) in [6.07, 6.45) is 4.63. The fourth-order valence-electron chi connectivity index (χ4n) is 2.51. The highest BCUT2D eigenvalue weighted by Crippen LogP contribution is 2.22. The standard InChI is InChI=1S/C22H21N3O3/c26-21(14-13-20-12-7-17-28-20)23-16-15-22(27)24-25(18-8-3-1-4-9-18)19-10-5-2-6-11-19/h1-14,17H,15-16H2,(H,23,26)(H,24,27)/b14-13+. The molecule has 0 spiro atoms. The van der Waals surface area contributed by atoms with E-state index in [-0.39, 0.29) is 24.8 Å². The maximum Gasteiger partial charge on any atom is 0.244 e. The van der Waals surface area contributed by atoms with E-state index in [0.29, 0.717) is 5.76 Å². The average Bonchev–Trinajstić information content (AvgIpc) is 3.25. The van der Waals surface area contributed by atoms with Crippen LogP contribution in [-0.4, -0.2) is 18.4 Å². The van der Waals surface area contributed by atoms with Crippen LogP contribution in [0, 0.1) is 0 Å². The minimum atomic E-state index is -0.285. The number of para-hydroxylation sites is 2. The van der Waals surface area contributed by atoms with E-state index >= 15 is 0 Å². The van der Waals surface area contributed by atoms with Crippen LogP contribution in [0.15, 0.2) is 89.6 Å². The number of hydrogen-bond donors (Lipinski definition) is 2. The van der Waals surface area contributed by atoms with Crippen molar-refractivity contribution in [2.24, 2.45) is 0 Å². The molecule has 2 aromatic carbocycles. The van der Waals surface area contributed by atoms with Gasteiger partial charge in [-0.1, -0.05) is 36.4 Å². The molecule has 0 bridgehead atoms. The Morgan fingerprint density at radius 1 is 0.893 bits per heavy atom. The first-order chi connectivity index (χ1) is 13.7. The smallest absolute Gasteiger partial charge is 0.244 e. The second kappa shape index (κ2) is 9.78. The number of carbonyl (C=O) groups is 2. The number of hydrogen-bond acceptors (Lipinski definition) is 4. The summed E-state index contributed by atoms with van der Waals surface area (Å²) in [4.78, 5) is 24.2. The minimum absolute atomic E-state index is 0.149. The molecule has 28 heavy (non-hydrogen) atoms.